The van der Waals surface area contributed by atoms with Gasteiger partial charge in [0.2, 0.25) is 5.82 Å². The number of ether oxygens (including phenoxy) is 2. The molecule has 0 saturated carbocycles. The van der Waals surface area contributed by atoms with Gasteiger partial charge >= 0.3 is 5.97 Å². The van der Waals surface area contributed by atoms with Crippen molar-refractivity contribution in [3.05, 3.63) is 83.3 Å². The average Bonchev–Trinajstić information content (AvgIpc) is 3.41. The van der Waals surface area contributed by atoms with Crippen molar-refractivity contribution in [1.29, 1.82) is 0 Å². The molecule has 0 N–H and O–H groups in total. The predicted molar refractivity (Wildman–Crippen MR) is 156 cm³/mol. The molecule has 1 aliphatic carbocycles. The average molecular weight is 542 g/mol. The second-order valence-electron chi connectivity index (χ2n) is 12.1. The van der Waals surface area contributed by atoms with E-state index >= 15 is 0 Å². The smallest absolute Gasteiger partial charge is 0.307 e. The predicted octanol–water partition coefficient (Wildman–Crippen LogP) is 6.35. The number of hydrogen-bond acceptors (Lipinski definition) is 7. The Kier molecular flexibility index (Phi) is 8.06. The van der Waals surface area contributed by atoms with Crippen molar-refractivity contribution in [2.24, 2.45) is 5.41 Å². The fourth-order valence-corrected chi connectivity index (χ4v) is 5.67. The highest BCUT2D eigenvalue weighted by Crippen LogP contribution is 2.45. The molecule has 2 aliphatic rings. The topological polar surface area (TPSA) is 77.7 Å². The van der Waals surface area contributed by atoms with Crippen LogP contribution in [0.2, 0.25) is 0 Å². The molecule has 5 rings (SSSR count). The first-order chi connectivity index (χ1) is 19.1. The summed E-state index contributed by atoms with van der Waals surface area (Å²) in [4.78, 5) is 19.3. The third-order valence-electron chi connectivity index (χ3n) is 7.54. The van der Waals surface area contributed by atoms with Gasteiger partial charge in [0, 0.05) is 43.3 Å². The van der Waals surface area contributed by atoms with Crippen molar-refractivity contribution in [3.63, 3.8) is 0 Å². The van der Waals surface area contributed by atoms with Crippen LogP contribution in [0.25, 0.3) is 22.5 Å². The Morgan fingerprint density at radius 1 is 1.07 bits per heavy atom. The van der Waals surface area contributed by atoms with Gasteiger partial charge in [-0.2, -0.15) is 4.98 Å². The summed E-state index contributed by atoms with van der Waals surface area (Å²) >= 11 is 0. The summed E-state index contributed by atoms with van der Waals surface area (Å²) in [7, 11) is 1.74. The van der Waals surface area contributed by atoms with Gasteiger partial charge in [-0.3, -0.25) is 9.69 Å². The summed E-state index contributed by atoms with van der Waals surface area (Å²) < 4.78 is 16.9. The highest BCUT2D eigenvalue weighted by molar-refractivity contribution is 5.80. The second kappa shape index (κ2) is 11.5. The standard InChI is InChI=1S/C33H39N3O4/c1-32(2,3)39-29(37)16-18-36-17-15-23-11-12-25(19-27(23)21-36)30-34-31(40-35-30)26-13-14-28(24-9-7-6-8-10-24)33(4,20-26)22-38-5/h6-14,19H,15-18,20-22H2,1-5H3. The molecule has 0 fully saturated rings. The van der Waals surface area contributed by atoms with E-state index in [2.05, 4.69) is 71.6 Å². The third-order valence-corrected chi connectivity index (χ3v) is 7.54. The molecule has 0 saturated heterocycles. The lowest BCUT2D eigenvalue weighted by Gasteiger charge is -2.34. The Labute approximate surface area is 236 Å². The lowest BCUT2D eigenvalue weighted by atomic mass is 9.71. The summed E-state index contributed by atoms with van der Waals surface area (Å²) in [5, 5.41) is 4.34. The number of benzene rings is 2. The quantitative estimate of drug-likeness (QED) is 0.308. The molecule has 1 aromatic heterocycles. The fourth-order valence-electron chi connectivity index (χ4n) is 5.67. The summed E-state index contributed by atoms with van der Waals surface area (Å²) in [6.07, 6.45) is 6.31. The first kappa shape index (κ1) is 28.0. The molecule has 2 aromatic carbocycles. The monoisotopic (exact) mass is 541 g/mol. The molecule has 2 heterocycles. The Bertz CT molecular complexity index is 1420. The minimum atomic E-state index is -0.458. The van der Waals surface area contributed by atoms with E-state index in [1.165, 1.54) is 22.3 Å². The Morgan fingerprint density at radius 3 is 2.62 bits per heavy atom. The Morgan fingerprint density at radius 2 is 1.88 bits per heavy atom. The van der Waals surface area contributed by atoms with Crippen LogP contribution >= 0.6 is 0 Å². The van der Waals surface area contributed by atoms with Crippen LogP contribution in [-0.4, -0.2) is 53.4 Å². The lowest BCUT2D eigenvalue weighted by molar-refractivity contribution is -0.155. The maximum Gasteiger partial charge on any atom is 0.307 e. The van der Waals surface area contributed by atoms with Crippen molar-refractivity contribution in [3.8, 4) is 11.4 Å². The van der Waals surface area contributed by atoms with Crippen molar-refractivity contribution < 1.29 is 18.8 Å². The zero-order valence-electron chi connectivity index (χ0n) is 24.2. The molecule has 3 aromatic rings. The molecule has 7 nitrogen and oxygen atoms in total. The number of methoxy groups -OCH3 is 1. The first-order valence-corrected chi connectivity index (χ1v) is 14.0. The molecule has 7 heteroatoms. The van der Waals surface area contributed by atoms with E-state index < -0.39 is 5.60 Å². The second-order valence-corrected chi connectivity index (χ2v) is 12.1. The normalized spacial score (nSPS) is 19.5. The van der Waals surface area contributed by atoms with Crippen LogP contribution in [0.4, 0.5) is 0 Å². The molecule has 1 atom stereocenters. The number of carbonyl (C=O) groups is 1. The SMILES string of the molecule is COCC1(C)CC(c2nc(-c3ccc4c(c3)CN(CCC(=O)OC(C)(C)C)CC4)no2)=CC=C1c1ccccc1. The van der Waals surface area contributed by atoms with Crippen LogP contribution < -0.4 is 0 Å². The van der Waals surface area contributed by atoms with Gasteiger partial charge in [-0.25, -0.2) is 0 Å². The number of aromatic nitrogens is 2. The number of hydrogen-bond donors (Lipinski definition) is 0. The van der Waals surface area contributed by atoms with E-state index in [0.717, 1.165) is 37.1 Å². The summed E-state index contributed by atoms with van der Waals surface area (Å²) in [6.45, 7) is 10.9. The molecule has 0 amide bonds. The van der Waals surface area contributed by atoms with E-state index in [9.17, 15) is 4.79 Å². The van der Waals surface area contributed by atoms with Crippen LogP contribution in [0.5, 0.6) is 0 Å². The Balaban J connectivity index is 1.31. The van der Waals surface area contributed by atoms with Crippen molar-refractivity contribution in [2.75, 3.05) is 26.8 Å². The first-order valence-electron chi connectivity index (χ1n) is 14.0. The molecule has 1 unspecified atom stereocenters. The maximum atomic E-state index is 12.2. The molecule has 0 radical (unpaired) electrons. The van der Waals surface area contributed by atoms with Crippen LogP contribution in [0.15, 0.2) is 65.2 Å². The summed E-state index contributed by atoms with van der Waals surface area (Å²) in [5.41, 5.74) is 6.25. The van der Waals surface area contributed by atoms with E-state index in [1.54, 1.807) is 7.11 Å². The van der Waals surface area contributed by atoms with Gasteiger partial charge in [-0.1, -0.05) is 66.7 Å². The molecule has 1 aliphatic heterocycles. The summed E-state index contributed by atoms with van der Waals surface area (Å²) in [6, 6.07) is 16.8. The molecule has 0 spiro atoms. The largest absolute Gasteiger partial charge is 0.460 e. The molecule has 210 valence electrons. The van der Waals surface area contributed by atoms with Crippen molar-refractivity contribution in [1.82, 2.24) is 15.0 Å². The highest BCUT2D eigenvalue weighted by Gasteiger charge is 2.35. The van der Waals surface area contributed by atoms with E-state index in [4.69, 9.17) is 19.0 Å². The Hall–Kier alpha value is -3.55. The fraction of sp³-hybridized carbons (Fsp3) is 0.424. The van der Waals surface area contributed by atoms with E-state index in [0.29, 0.717) is 31.3 Å². The molecule has 40 heavy (non-hydrogen) atoms. The number of carbonyl (C=O) groups excluding carboxylic acids is 1. The van der Waals surface area contributed by atoms with Crippen LogP contribution in [0.3, 0.4) is 0 Å². The highest BCUT2D eigenvalue weighted by atomic mass is 16.6. The maximum absolute atomic E-state index is 12.2. The number of allylic oxidation sites excluding steroid dienone is 3. The third kappa shape index (κ3) is 6.43. The van der Waals surface area contributed by atoms with Gasteiger partial charge in [0.1, 0.15) is 5.60 Å². The van der Waals surface area contributed by atoms with Crippen molar-refractivity contribution >= 4 is 17.1 Å². The lowest BCUT2D eigenvalue weighted by Crippen LogP contribution is -2.33. The van der Waals surface area contributed by atoms with Gasteiger partial charge in [-0.05, 0) is 61.9 Å². The van der Waals surface area contributed by atoms with Gasteiger partial charge in [-0.15, -0.1) is 0 Å². The number of esters is 1. The van der Waals surface area contributed by atoms with Crippen LogP contribution in [0.1, 0.15) is 63.1 Å². The number of fused-ring (bicyclic) bond motifs is 1. The zero-order valence-corrected chi connectivity index (χ0v) is 24.2. The van der Waals surface area contributed by atoms with Crippen LogP contribution in [0, 0.1) is 5.41 Å². The zero-order chi connectivity index (χ0) is 28.3. The summed E-state index contributed by atoms with van der Waals surface area (Å²) in [5.74, 6) is 0.962. The molecular formula is C33H39N3O4. The van der Waals surface area contributed by atoms with Gasteiger partial charge in [0.15, 0.2) is 0 Å². The number of rotatable bonds is 8. The minimum Gasteiger partial charge on any atom is -0.460 e. The van der Waals surface area contributed by atoms with Gasteiger partial charge < -0.3 is 14.0 Å². The van der Waals surface area contributed by atoms with Crippen molar-refractivity contribution in [2.45, 2.75) is 59.1 Å². The van der Waals surface area contributed by atoms with Gasteiger partial charge in [0.05, 0.1) is 13.0 Å². The van der Waals surface area contributed by atoms with E-state index in [-0.39, 0.29) is 11.4 Å². The molecule has 0 bridgehead atoms. The van der Waals surface area contributed by atoms with Crippen LogP contribution in [-0.2, 0) is 27.2 Å². The molecular weight excluding hydrogens is 502 g/mol. The van der Waals surface area contributed by atoms with E-state index in [1.807, 2.05) is 26.8 Å². The minimum absolute atomic E-state index is 0.157. The number of nitrogens with zero attached hydrogens (tertiary/aromatic N) is 3. The van der Waals surface area contributed by atoms with Gasteiger partial charge in [0.25, 0.3) is 5.89 Å².